The summed E-state index contributed by atoms with van der Waals surface area (Å²) in [6, 6.07) is 6.95. The van der Waals surface area contributed by atoms with Crippen LogP contribution in [0.2, 0.25) is 0 Å². The maximum atomic E-state index is 13.8. The van der Waals surface area contributed by atoms with Crippen molar-refractivity contribution in [1.29, 1.82) is 5.26 Å². The first-order valence-corrected chi connectivity index (χ1v) is 7.27. The van der Waals surface area contributed by atoms with Crippen LogP contribution >= 0.6 is 0 Å². The van der Waals surface area contributed by atoms with Gasteiger partial charge in [-0.15, -0.1) is 0 Å². The van der Waals surface area contributed by atoms with Crippen LogP contribution in [0.25, 0.3) is 0 Å². The summed E-state index contributed by atoms with van der Waals surface area (Å²) in [5, 5.41) is 8.75. The number of ether oxygens (including phenoxy) is 1. The number of rotatable bonds is 3. The standard InChI is InChI=1S/C16H16FN5O/c1-23-15-3-2-13(8-14(15)17)21-4-6-22(7-5-21)16-11-19-12(9-18)10-20-16/h2-3,8,10-11H,4-7H2,1H3. The average Bonchev–Trinajstić information content (AvgIpc) is 2.62. The van der Waals surface area contributed by atoms with Crippen LogP contribution in [0, 0.1) is 17.1 Å². The predicted molar refractivity (Wildman–Crippen MR) is 84.1 cm³/mol. The van der Waals surface area contributed by atoms with Crippen LogP contribution in [0.5, 0.6) is 5.75 Å². The van der Waals surface area contributed by atoms with Crippen LogP contribution in [0.1, 0.15) is 5.69 Å². The fraction of sp³-hybridized carbons (Fsp3) is 0.312. The minimum Gasteiger partial charge on any atom is -0.494 e. The third-order valence-electron chi connectivity index (χ3n) is 3.86. The summed E-state index contributed by atoms with van der Waals surface area (Å²) in [5.41, 5.74) is 1.15. The monoisotopic (exact) mass is 313 g/mol. The van der Waals surface area contributed by atoms with Crippen molar-refractivity contribution in [2.75, 3.05) is 43.1 Å². The second-order valence-corrected chi connectivity index (χ2v) is 5.16. The fourth-order valence-corrected chi connectivity index (χ4v) is 2.59. The Balaban J connectivity index is 1.66. The van der Waals surface area contributed by atoms with Crippen LogP contribution in [-0.4, -0.2) is 43.3 Å². The van der Waals surface area contributed by atoms with Gasteiger partial charge in [0.15, 0.2) is 17.3 Å². The number of methoxy groups -OCH3 is 1. The summed E-state index contributed by atoms with van der Waals surface area (Å²) >= 11 is 0. The summed E-state index contributed by atoms with van der Waals surface area (Å²) in [6.07, 6.45) is 3.09. The number of benzene rings is 1. The molecule has 0 radical (unpaired) electrons. The van der Waals surface area contributed by atoms with Gasteiger partial charge in [-0.3, -0.25) is 0 Å². The average molecular weight is 313 g/mol. The molecule has 3 rings (SSSR count). The van der Waals surface area contributed by atoms with Gasteiger partial charge in [0.2, 0.25) is 0 Å². The Bertz CT molecular complexity index is 720. The molecule has 1 aromatic carbocycles. The zero-order valence-electron chi connectivity index (χ0n) is 12.7. The lowest BCUT2D eigenvalue weighted by atomic mass is 10.2. The molecule has 0 amide bonds. The molecule has 1 fully saturated rings. The fourth-order valence-electron chi connectivity index (χ4n) is 2.59. The Morgan fingerprint density at radius 1 is 1.13 bits per heavy atom. The van der Waals surface area contributed by atoms with Crippen molar-refractivity contribution in [2.45, 2.75) is 0 Å². The van der Waals surface area contributed by atoms with E-state index >= 15 is 0 Å². The van der Waals surface area contributed by atoms with Crippen molar-refractivity contribution in [3.05, 3.63) is 42.1 Å². The number of nitriles is 1. The van der Waals surface area contributed by atoms with Gasteiger partial charge in [-0.1, -0.05) is 0 Å². The maximum absolute atomic E-state index is 13.8. The lowest BCUT2D eigenvalue weighted by molar-refractivity contribution is 0.386. The summed E-state index contributed by atoms with van der Waals surface area (Å²) in [5.74, 6) is 0.648. The summed E-state index contributed by atoms with van der Waals surface area (Å²) < 4.78 is 18.8. The minimum atomic E-state index is -0.356. The van der Waals surface area contributed by atoms with E-state index in [0.29, 0.717) is 5.69 Å². The Kier molecular flexibility index (Phi) is 4.24. The zero-order chi connectivity index (χ0) is 16.2. The van der Waals surface area contributed by atoms with Gasteiger partial charge in [-0.25, -0.2) is 14.4 Å². The Morgan fingerprint density at radius 3 is 2.43 bits per heavy atom. The number of nitrogens with zero attached hydrogens (tertiary/aromatic N) is 5. The topological polar surface area (TPSA) is 65.3 Å². The lowest BCUT2D eigenvalue weighted by Crippen LogP contribution is -2.46. The number of anilines is 2. The van der Waals surface area contributed by atoms with E-state index in [-0.39, 0.29) is 11.6 Å². The van der Waals surface area contributed by atoms with Gasteiger partial charge in [0, 0.05) is 37.9 Å². The highest BCUT2D eigenvalue weighted by Crippen LogP contribution is 2.25. The molecule has 1 aliphatic rings. The van der Waals surface area contributed by atoms with Crippen LogP contribution in [0.4, 0.5) is 15.9 Å². The Hall–Kier alpha value is -2.88. The highest BCUT2D eigenvalue weighted by molar-refractivity contribution is 5.51. The van der Waals surface area contributed by atoms with Crippen molar-refractivity contribution in [2.24, 2.45) is 0 Å². The highest BCUT2D eigenvalue weighted by atomic mass is 19.1. The molecule has 118 valence electrons. The molecule has 0 bridgehead atoms. The SMILES string of the molecule is COc1ccc(N2CCN(c3cnc(C#N)cn3)CC2)cc1F. The Labute approximate surface area is 133 Å². The van der Waals surface area contributed by atoms with Crippen molar-refractivity contribution < 1.29 is 9.13 Å². The van der Waals surface area contributed by atoms with Gasteiger partial charge in [0.25, 0.3) is 0 Å². The lowest BCUT2D eigenvalue weighted by Gasteiger charge is -2.36. The molecule has 7 heteroatoms. The molecule has 2 aromatic rings. The van der Waals surface area contributed by atoms with Crippen LogP contribution in [0.3, 0.4) is 0 Å². The first-order valence-electron chi connectivity index (χ1n) is 7.27. The molecule has 0 saturated carbocycles. The van der Waals surface area contributed by atoms with Crippen molar-refractivity contribution in [1.82, 2.24) is 9.97 Å². The number of hydrogen-bond donors (Lipinski definition) is 0. The number of aromatic nitrogens is 2. The minimum absolute atomic E-state index is 0.250. The number of halogens is 1. The highest BCUT2D eigenvalue weighted by Gasteiger charge is 2.19. The first kappa shape index (κ1) is 15.0. The largest absolute Gasteiger partial charge is 0.494 e. The van der Waals surface area contributed by atoms with Gasteiger partial charge in [-0.05, 0) is 12.1 Å². The molecule has 0 atom stereocenters. The third-order valence-corrected chi connectivity index (χ3v) is 3.86. The molecule has 23 heavy (non-hydrogen) atoms. The first-order chi connectivity index (χ1) is 11.2. The molecule has 0 spiro atoms. The second kappa shape index (κ2) is 6.48. The van der Waals surface area contributed by atoms with Crippen molar-refractivity contribution in [3.8, 4) is 11.8 Å². The summed E-state index contributed by atoms with van der Waals surface area (Å²) in [4.78, 5) is 12.5. The van der Waals surface area contributed by atoms with E-state index < -0.39 is 0 Å². The van der Waals surface area contributed by atoms with E-state index in [1.165, 1.54) is 19.4 Å². The van der Waals surface area contributed by atoms with E-state index in [1.54, 1.807) is 12.3 Å². The molecule has 0 unspecified atom stereocenters. The van der Waals surface area contributed by atoms with Gasteiger partial charge >= 0.3 is 0 Å². The zero-order valence-corrected chi connectivity index (χ0v) is 12.7. The normalized spacial score (nSPS) is 14.5. The van der Waals surface area contributed by atoms with Gasteiger partial charge < -0.3 is 14.5 Å². The molecule has 0 N–H and O–H groups in total. The molecule has 1 aromatic heterocycles. The third kappa shape index (κ3) is 3.16. The molecular formula is C16H16FN5O. The van der Waals surface area contributed by atoms with Gasteiger partial charge in [0.05, 0.1) is 19.5 Å². The number of piperazine rings is 1. The van der Waals surface area contributed by atoms with E-state index in [2.05, 4.69) is 19.8 Å². The molecule has 0 aliphatic carbocycles. The van der Waals surface area contributed by atoms with Crippen LogP contribution < -0.4 is 14.5 Å². The molecule has 1 saturated heterocycles. The predicted octanol–water partition coefficient (Wildman–Crippen LogP) is 1.82. The quantitative estimate of drug-likeness (QED) is 0.861. The van der Waals surface area contributed by atoms with Crippen LogP contribution in [0.15, 0.2) is 30.6 Å². The molecular weight excluding hydrogens is 297 g/mol. The molecule has 1 aliphatic heterocycles. The van der Waals surface area contributed by atoms with Gasteiger partial charge in [0.1, 0.15) is 11.9 Å². The van der Waals surface area contributed by atoms with Crippen molar-refractivity contribution in [3.63, 3.8) is 0 Å². The van der Waals surface area contributed by atoms with Crippen molar-refractivity contribution >= 4 is 11.5 Å². The molecule has 6 nitrogen and oxygen atoms in total. The Morgan fingerprint density at radius 2 is 1.87 bits per heavy atom. The maximum Gasteiger partial charge on any atom is 0.167 e. The molecule has 2 heterocycles. The second-order valence-electron chi connectivity index (χ2n) is 5.16. The summed E-state index contributed by atoms with van der Waals surface area (Å²) in [7, 11) is 1.45. The van der Waals surface area contributed by atoms with Gasteiger partial charge in [-0.2, -0.15) is 5.26 Å². The smallest absolute Gasteiger partial charge is 0.167 e. The van der Waals surface area contributed by atoms with E-state index in [4.69, 9.17) is 10.00 Å². The van der Waals surface area contributed by atoms with Crippen LogP contribution in [-0.2, 0) is 0 Å². The number of hydrogen-bond acceptors (Lipinski definition) is 6. The van der Waals surface area contributed by atoms with E-state index in [0.717, 1.165) is 37.7 Å². The van der Waals surface area contributed by atoms with E-state index in [1.807, 2.05) is 12.1 Å². The van der Waals surface area contributed by atoms with E-state index in [9.17, 15) is 4.39 Å². The summed E-state index contributed by atoms with van der Waals surface area (Å²) in [6.45, 7) is 3.03.